The van der Waals surface area contributed by atoms with Crippen molar-refractivity contribution in [3.8, 4) is 0 Å². The molecule has 0 atom stereocenters. The number of hydrogen-bond acceptors (Lipinski definition) is 1. The Morgan fingerprint density at radius 3 is 2.70 bits per heavy atom. The lowest BCUT2D eigenvalue weighted by Crippen LogP contribution is -3.00. The molecule has 3 rings (SSSR count). The van der Waals surface area contributed by atoms with Gasteiger partial charge in [0.1, 0.15) is 5.69 Å². The molecular formula is C18H20Br2N2O. The number of ketones is 1. The van der Waals surface area contributed by atoms with Crippen LogP contribution in [-0.2, 0) is 6.54 Å². The fraction of sp³-hybridized carbons (Fsp3) is 0.333. The SMILES string of the molecule is CCCC1=[N+](CC(=O)c2ccc(Br)cc2)CCn2cccc21.[Br-]. The Labute approximate surface area is 155 Å². The summed E-state index contributed by atoms with van der Waals surface area (Å²) in [5.74, 6) is 0.182. The smallest absolute Gasteiger partial charge is 0.227 e. The lowest BCUT2D eigenvalue weighted by atomic mass is 10.1. The molecule has 0 unspecified atom stereocenters. The van der Waals surface area contributed by atoms with E-state index < -0.39 is 0 Å². The highest BCUT2D eigenvalue weighted by Gasteiger charge is 2.26. The average Bonchev–Trinajstić information content (AvgIpc) is 2.99. The van der Waals surface area contributed by atoms with Gasteiger partial charge >= 0.3 is 0 Å². The molecule has 1 aliphatic heterocycles. The van der Waals surface area contributed by atoms with Crippen molar-refractivity contribution >= 4 is 27.4 Å². The van der Waals surface area contributed by atoms with E-state index in [1.54, 1.807) is 0 Å². The lowest BCUT2D eigenvalue weighted by molar-refractivity contribution is -0.519. The van der Waals surface area contributed by atoms with E-state index in [0.717, 1.165) is 36.0 Å². The zero-order valence-electron chi connectivity index (χ0n) is 13.1. The van der Waals surface area contributed by atoms with Crippen molar-refractivity contribution in [3.05, 3.63) is 58.3 Å². The first-order chi connectivity index (χ1) is 10.7. The molecule has 2 heterocycles. The number of rotatable bonds is 5. The minimum atomic E-state index is 0. The molecule has 0 spiro atoms. The molecule has 0 saturated carbocycles. The number of aromatic nitrogens is 1. The molecule has 122 valence electrons. The highest BCUT2D eigenvalue weighted by atomic mass is 79.9. The molecule has 1 aliphatic rings. The van der Waals surface area contributed by atoms with Gasteiger partial charge in [-0.2, -0.15) is 0 Å². The number of Topliss-reactive ketones (excluding diaryl/α,β-unsaturated/α-hetero) is 1. The van der Waals surface area contributed by atoms with Gasteiger partial charge in [-0.1, -0.05) is 35.0 Å². The minimum absolute atomic E-state index is 0. The number of nitrogens with zero attached hydrogens (tertiary/aromatic N) is 2. The lowest BCUT2D eigenvalue weighted by Gasteiger charge is -2.17. The monoisotopic (exact) mass is 438 g/mol. The van der Waals surface area contributed by atoms with E-state index in [9.17, 15) is 4.79 Å². The molecule has 0 saturated heterocycles. The van der Waals surface area contributed by atoms with E-state index in [-0.39, 0.29) is 22.8 Å². The van der Waals surface area contributed by atoms with Gasteiger partial charge in [-0.25, -0.2) is 4.58 Å². The Bertz CT molecular complexity index is 717. The largest absolute Gasteiger partial charge is 1.00 e. The first kappa shape index (κ1) is 18.1. The summed E-state index contributed by atoms with van der Waals surface area (Å²) >= 11 is 3.41. The maximum Gasteiger partial charge on any atom is 0.227 e. The second-order valence-corrected chi connectivity index (χ2v) is 6.55. The Morgan fingerprint density at radius 2 is 2.00 bits per heavy atom. The normalized spacial score (nSPS) is 13.5. The first-order valence-corrected chi connectivity index (χ1v) is 8.53. The molecule has 0 amide bonds. The van der Waals surface area contributed by atoms with Crippen molar-refractivity contribution in [1.29, 1.82) is 0 Å². The summed E-state index contributed by atoms with van der Waals surface area (Å²) in [6, 6.07) is 11.9. The second-order valence-electron chi connectivity index (χ2n) is 5.64. The number of halogens is 2. The van der Waals surface area contributed by atoms with Gasteiger partial charge in [0, 0.05) is 22.7 Å². The zero-order valence-corrected chi connectivity index (χ0v) is 16.3. The Morgan fingerprint density at radius 1 is 1.26 bits per heavy atom. The third-order valence-electron chi connectivity index (χ3n) is 4.11. The quantitative estimate of drug-likeness (QED) is 0.498. The molecule has 3 nitrogen and oxygen atoms in total. The molecule has 2 aromatic rings. The molecule has 0 bridgehead atoms. The predicted molar refractivity (Wildman–Crippen MR) is 91.9 cm³/mol. The fourth-order valence-corrected chi connectivity index (χ4v) is 3.26. The number of hydrogen-bond donors (Lipinski definition) is 0. The highest BCUT2D eigenvalue weighted by molar-refractivity contribution is 9.10. The molecule has 23 heavy (non-hydrogen) atoms. The number of carbonyl (C=O) groups is 1. The molecule has 0 aliphatic carbocycles. The Balaban J connectivity index is 0.00000192. The van der Waals surface area contributed by atoms with E-state index in [4.69, 9.17) is 0 Å². The van der Waals surface area contributed by atoms with Crippen LogP contribution in [-0.4, -0.2) is 33.7 Å². The van der Waals surface area contributed by atoms with E-state index in [0.29, 0.717) is 6.54 Å². The third kappa shape index (κ3) is 4.01. The molecule has 0 fully saturated rings. The minimum Gasteiger partial charge on any atom is -1.00 e. The van der Waals surface area contributed by atoms with Crippen LogP contribution in [0.2, 0.25) is 0 Å². The van der Waals surface area contributed by atoms with Crippen molar-refractivity contribution in [2.24, 2.45) is 0 Å². The summed E-state index contributed by atoms with van der Waals surface area (Å²) in [4.78, 5) is 12.5. The van der Waals surface area contributed by atoms with Crippen molar-refractivity contribution < 1.29 is 26.4 Å². The van der Waals surface area contributed by atoms with E-state index in [2.05, 4.69) is 50.3 Å². The van der Waals surface area contributed by atoms with Gasteiger partial charge < -0.3 is 21.5 Å². The maximum absolute atomic E-state index is 12.5. The molecule has 0 N–H and O–H groups in total. The van der Waals surface area contributed by atoms with Gasteiger partial charge in [-0.3, -0.25) is 4.79 Å². The van der Waals surface area contributed by atoms with Gasteiger partial charge in [0.15, 0.2) is 12.3 Å². The van der Waals surface area contributed by atoms with Crippen LogP contribution in [0, 0.1) is 0 Å². The summed E-state index contributed by atoms with van der Waals surface area (Å²) in [7, 11) is 0. The van der Waals surface area contributed by atoms with Crippen molar-refractivity contribution in [1.82, 2.24) is 4.57 Å². The zero-order chi connectivity index (χ0) is 15.5. The Hall–Kier alpha value is -1.20. The summed E-state index contributed by atoms with van der Waals surface area (Å²) in [6.07, 6.45) is 4.22. The standard InChI is InChI=1S/C18H20BrN2O.BrH/c1-2-4-16-17-5-3-10-20(17)11-12-21(16)13-18(22)14-6-8-15(19)9-7-14;/h3,5-10H,2,4,11-13H2,1H3;1H/q+1;/p-1. The summed E-state index contributed by atoms with van der Waals surface area (Å²) in [6.45, 7) is 4.49. The van der Waals surface area contributed by atoms with Gasteiger partial charge in [-0.15, -0.1) is 0 Å². The second kappa shape index (κ2) is 8.06. The third-order valence-corrected chi connectivity index (χ3v) is 4.63. The Kier molecular flexibility index (Phi) is 6.36. The fourth-order valence-electron chi connectivity index (χ4n) is 2.99. The highest BCUT2D eigenvalue weighted by Crippen LogP contribution is 2.15. The number of fused-ring (bicyclic) bond motifs is 1. The average molecular weight is 440 g/mol. The van der Waals surface area contributed by atoms with Crippen LogP contribution in [0.5, 0.6) is 0 Å². The molecule has 1 aromatic carbocycles. The van der Waals surface area contributed by atoms with Crippen LogP contribution < -0.4 is 17.0 Å². The van der Waals surface area contributed by atoms with E-state index in [1.165, 1.54) is 11.4 Å². The van der Waals surface area contributed by atoms with Crippen LogP contribution in [0.25, 0.3) is 0 Å². The van der Waals surface area contributed by atoms with Crippen LogP contribution in [0.4, 0.5) is 0 Å². The number of carbonyl (C=O) groups excluding carboxylic acids is 1. The van der Waals surface area contributed by atoms with Crippen molar-refractivity contribution in [3.63, 3.8) is 0 Å². The van der Waals surface area contributed by atoms with E-state index >= 15 is 0 Å². The van der Waals surface area contributed by atoms with Crippen LogP contribution in [0.3, 0.4) is 0 Å². The van der Waals surface area contributed by atoms with Crippen molar-refractivity contribution in [2.75, 3.05) is 13.1 Å². The van der Waals surface area contributed by atoms with Crippen LogP contribution >= 0.6 is 15.9 Å². The molecule has 1 aromatic heterocycles. The molecule has 0 radical (unpaired) electrons. The van der Waals surface area contributed by atoms with E-state index in [1.807, 2.05) is 24.3 Å². The maximum atomic E-state index is 12.5. The van der Waals surface area contributed by atoms with Gasteiger partial charge in [0.2, 0.25) is 12.3 Å². The number of benzene rings is 1. The first-order valence-electron chi connectivity index (χ1n) is 7.74. The summed E-state index contributed by atoms with van der Waals surface area (Å²) in [5.41, 5.74) is 3.33. The van der Waals surface area contributed by atoms with Gasteiger partial charge in [-0.05, 0) is 30.7 Å². The van der Waals surface area contributed by atoms with Crippen LogP contribution in [0.1, 0.15) is 35.8 Å². The molecule has 5 heteroatoms. The van der Waals surface area contributed by atoms with Gasteiger partial charge in [0.05, 0.1) is 6.54 Å². The van der Waals surface area contributed by atoms with Gasteiger partial charge in [0.25, 0.3) is 0 Å². The predicted octanol–water partition coefficient (Wildman–Crippen LogP) is 0.753. The van der Waals surface area contributed by atoms with Crippen LogP contribution in [0.15, 0.2) is 47.1 Å². The molecular weight excluding hydrogens is 420 g/mol. The summed E-state index contributed by atoms with van der Waals surface area (Å²) in [5, 5.41) is 0. The summed E-state index contributed by atoms with van der Waals surface area (Å²) < 4.78 is 5.53. The van der Waals surface area contributed by atoms with Crippen molar-refractivity contribution in [2.45, 2.75) is 26.3 Å². The topological polar surface area (TPSA) is 25.0 Å².